The first-order valence-electron chi connectivity index (χ1n) is 9.12. The lowest BCUT2D eigenvalue weighted by atomic mass is 10.0. The van der Waals surface area contributed by atoms with Crippen LogP contribution in [-0.2, 0) is 6.42 Å². The summed E-state index contributed by atoms with van der Waals surface area (Å²) in [6, 6.07) is 8.22. The summed E-state index contributed by atoms with van der Waals surface area (Å²) in [5, 5.41) is 12.1. The first-order chi connectivity index (χ1) is 12.2. The maximum absolute atomic E-state index is 12.6. The predicted octanol–water partition coefficient (Wildman–Crippen LogP) is 3.17. The van der Waals surface area contributed by atoms with Crippen molar-refractivity contribution in [1.82, 2.24) is 9.80 Å². The molecule has 134 valence electrons. The predicted molar refractivity (Wildman–Crippen MR) is 103 cm³/mol. The van der Waals surface area contributed by atoms with E-state index in [1.807, 2.05) is 35.7 Å². The highest BCUT2D eigenvalue weighted by atomic mass is 32.2. The zero-order valence-corrected chi connectivity index (χ0v) is 15.6. The molecular formula is C19H26N4OS. The van der Waals surface area contributed by atoms with E-state index in [1.54, 1.807) is 6.07 Å². The Morgan fingerprint density at radius 2 is 2.00 bits per heavy atom. The monoisotopic (exact) mass is 358 g/mol. The van der Waals surface area contributed by atoms with Crippen LogP contribution in [0, 0.1) is 11.3 Å². The number of amides is 2. The third kappa shape index (κ3) is 4.47. The van der Waals surface area contributed by atoms with Gasteiger partial charge in [0.25, 0.3) is 0 Å². The maximum atomic E-state index is 12.6. The fourth-order valence-electron chi connectivity index (χ4n) is 3.65. The van der Waals surface area contributed by atoms with Crippen LogP contribution in [0.4, 0.5) is 10.5 Å². The number of urea groups is 1. The van der Waals surface area contributed by atoms with Crippen molar-refractivity contribution in [1.29, 1.82) is 5.26 Å². The smallest absolute Gasteiger partial charge is 0.321 e. The lowest BCUT2D eigenvalue weighted by Gasteiger charge is -2.40. The molecule has 0 saturated carbocycles. The molecule has 5 nitrogen and oxygen atoms in total. The standard InChI is InChI=1S/C19H26N4OS/c1-2-16-13-15(14-20)3-4-18(16)21-19(24)23-7-5-17(6-8-23)22-9-11-25-12-10-22/h3-4,13,17H,2,5-12H2,1H3,(H,21,24). The van der Waals surface area contributed by atoms with Crippen molar-refractivity contribution in [3.63, 3.8) is 0 Å². The SMILES string of the molecule is CCc1cc(C#N)ccc1NC(=O)N1CCC(N2CCSCC2)CC1. The van der Waals surface area contributed by atoms with Crippen molar-refractivity contribution in [3.05, 3.63) is 29.3 Å². The van der Waals surface area contributed by atoms with Crippen LogP contribution in [0.15, 0.2) is 18.2 Å². The lowest BCUT2D eigenvalue weighted by molar-refractivity contribution is 0.130. The number of benzene rings is 1. The first kappa shape index (κ1) is 18.1. The molecule has 6 heteroatoms. The zero-order chi connectivity index (χ0) is 17.6. The summed E-state index contributed by atoms with van der Waals surface area (Å²) in [4.78, 5) is 17.1. The van der Waals surface area contributed by atoms with Crippen LogP contribution in [0.3, 0.4) is 0 Å². The molecule has 0 unspecified atom stereocenters. The number of nitrogens with zero attached hydrogens (tertiary/aromatic N) is 3. The Bertz CT molecular complexity index is 643. The molecule has 1 aromatic carbocycles. The minimum atomic E-state index is -0.0212. The quantitative estimate of drug-likeness (QED) is 0.902. The fraction of sp³-hybridized carbons (Fsp3) is 0.579. The van der Waals surface area contributed by atoms with E-state index in [1.165, 1.54) is 24.6 Å². The first-order valence-corrected chi connectivity index (χ1v) is 10.3. The number of nitriles is 1. The Morgan fingerprint density at radius 1 is 1.28 bits per heavy atom. The van der Waals surface area contributed by atoms with E-state index in [4.69, 9.17) is 5.26 Å². The van der Waals surface area contributed by atoms with Gasteiger partial charge in [-0.2, -0.15) is 17.0 Å². The van der Waals surface area contributed by atoms with E-state index in [-0.39, 0.29) is 6.03 Å². The van der Waals surface area contributed by atoms with Gasteiger partial charge in [-0.25, -0.2) is 4.79 Å². The third-order valence-electron chi connectivity index (χ3n) is 5.17. The molecule has 1 aromatic rings. The van der Waals surface area contributed by atoms with Crippen LogP contribution >= 0.6 is 11.8 Å². The van der Waals surface area contributed by atoms with E-state index in [9.17, 15) is 4.79 Å². The molecule has 2 fully saturated rings. The second-order valence-electron chi connectivity index (χ2n) is 6.63. The highest BCUT2D eigenvalue weighted by molar-refractivity contribution is 7.99. The highest BCUT2D eigenvalue weighted by Crippen LogP contribution is 2.22. The van der Waals surface area contributed by atoms with E-state index < -0.39 is 0 Å². The van der Waals surface area contributed by atoms with Gasteiger partial charge in [-0.15, -0.1) is 0 Å². The number of aryl methyl sites for hydroxylation is 1. The van der Waals surface area contributed by atoms with E-state index in [2.05, 4.69) is 16.3 Å². The second-order valence-corrected chi connectivity index (χ2v) is 7.86. The molecule has 0 aromatic heterocycles. The fourth-order valence-corrected chi connectivity index (χ4v) is 4.58. The summed E-state index contributed by atoms with van der Waals surface area (Å²) in [7, 11) is 0. The molecule has 0 aliphatic carbocycles. The molecule has 0 radical (unpaired) electrons. The van der Waals surface area contributed by atoms with Gasteiger partial charge in [0, 0.05) is 49.4 Å². The highest BCUT2D eigenvalue weighted by Gasteiger charge is 2.27. The minimum absolute atomic E-state index is 0.0212. The summed E-state index contributed by atoms with van der Waals surface area (Å²) in [5.41, 5.74) is 2.46. The Hall–Kier alpha value is -1.71. The van der Waals surface area contributed by atoms with Crippen LogP contribution in [0.25, 0.3) is 0 Å². The topological polar surface area (TPSA) is 59.4 Å². The molecular weight excluding hydrogens is 332 g/mol. The zero-order valence-electron chi connectivity index (χ0n) is 14.8. The van der Waals surface area contributed by atoms with Crippen molar-refractivity contribution in [2.24, 2.45) is 0 Å². The summed E-state index contributed by atoms with van der Waals surface area (Å²) in [5.74, 6) is 2.47. The molecule has 25 heavy (non-hydrogen) atoms. The van der Waals surface area contributed by atoms with Crippen LogP contribution in [0.5, 0.6) is 0 Å². The van der Waals surface area contributed by atoms with Crippen molar-refractivity contribution in [2.45, 2.75) is 32.2 Å². The summed E-state index contributed by atoms with van der Waals surface area (Å²) >= 11 is 2.04. The van der Waals surface area contributed by atoms with Gasteiger partial charge in [0.15, 0.2) is 0 Å². The van der Waals surface area contributed by atoms with Gasteiger partial charge in [-0.3, -0.25) is 4.90 Å². The lowest BCUT2D eigenvalue weighted by Crippen LogP contribution is -2.49. The number of piperidine rings is 1. The molecule has 2 aliphatic rings. The van der Waals surface area contributed by atoms with Crippen LogP contribution in [0.1, 0.15) is 30.9 Å². The van der Waals surface area contributed by atoms with Gasteiger partial charge in [-0.05, 0) is 43.0 Å². The van der Waals surface area contributed by atoms with Crippen LogP contribution in [0.2, 0.25) is 0 Å². The van der Waals surface area contributed by atoms with Crippen molar-refractivity contribution >= 4 is 23.5 Å². The molecule has 2 saturated heterocycles. The van der Waals surface area contributed by atoms with Crippen molar-refractivity contribution < 1.29 is 4.79 Å². The van der Waals surface area contributed by atoms with Gasteiger partial charge in [0.05, 0.1) is 11.6 Å². The Morgan fingerprint density at radius 3 is 2.64 bits per heavy atom. The third-order valence-corrected chi connectivity index (χ3v) is 6.11. The average Bonchev–Trinajstić information content (AvgIpc) is 2.69. The Labute approximate surface area is 154 Å². The van der Waals surface area contributed by atoms with E-state index in [0.29, 0.717) is 11.6 Å². The van der Waals surface area contributed by atoms with Crippen LogP contribution < -0.4 is 5.32 Å². The molecule has 0 bridgehead atoms. The molecule has 3 rings (SSSR count). The Balaban J connectivity index is 1.55. The number of nitrogens with one attached hydrogen (secondary N) is 1. The summed E-state index contributed by atoms with van der Waals surface area (Å²) < 4.78 is 0. The minimum Gasteiger partial charge on any atom is -0.324 e. The average molecular weight is 359 g/mol. The van der Waals surface area contributed by atoms with Gasteiger partial charge in [0.1, 0.15) is 0 Å². The summed E-state index contributed by atoms with van der Waals surface area (Å²) in [6.07, 6.45) is 2.92. The van der Waals surface area contributed by atoms with Gasteiger partial charge in [0.2, 0.25) is 0 Å². The molecule has 0 atom stereocenters. The van der Waals surface area contributed by atoms with E-state index in [0.717, 1.165) is 43.6 Å². The van der Waals surface area contributed by atoms with Gasteiger partial charge < -0.3 is 10.2 Å². The maximum Gasteiger partial charge on any atom is 0.321 e. The molecule has 2 aliphatic heterocycles. The van der Waals surface area contributed by atoms with Crippen molar-refractivity contribution in [3.8, 4) is 6.07 Å². The molecule has 2 heterocycles. The number of rotatable bonds is 3. The largest absolute Gasteiger partial charge is 0.324 e. The number of carbonyl (C=O) groups is 1. The molecule has 1 N–H and O–H groups in total. The number of carbonyl (C=O) groups excluding carboxylic acids is 1. The molecule has 0 spiro atoms. The van der Waals surface area contributed by atoms with Crippen LogP contribution in [-0.4, -0.2) is 59.6 Å². The molecule has 2 amide bonds. The second kappa shape index (κ2) is 8.59. The Kier molecular flexibility index (Phi) is 6.22. The number of hydrogen-bond donors (Lipinski definition) is 1. The van der Waals surface area contributed by atoms with Gasteiger partial charge in [-0.1, -0.05) is 6.92 Å². The van der Waals surface area contributed by atoms with E-state index >= 15 is 0 Å². The van der Waals surface area contributed by atoms with Crippen molar-refractivity contribution in [2.75, 3.05) is 43.0 Å². The summed E-state index contributed by atoms with van der Waals surface area (Å²) in [6.45, 7) is 6.05. The number of anilines is 1. The number of likely N-dealkylation sites (tertiary alicyclic amines) is 1. The normalized spacial score (nSPS) is 19.4. The number of thioether (sulfide) groups is 1. The number of hydrogen-bond acceptors (Lipinski definition) is 4. The van der Waals surface area contributed by atoms with Gasteiger partial charge >= 0.3 is 6.03 Å².